The van der Waals surface area contributed by atoms with Crippen molar-refractivity contribution in [3.8, 4) is 33.8 Å². The molecule has 0 bridgehead atoms. The van der Waals surface area contributed by atoms with E-state index in [-0.39, 0.29) is 22.9 Å². The molecule has 222 valence electrons. The molecular weight excluding hydrogens is 588 g/mol. The van der Waals surface area contributed by atoms with Gasteiger partial charge in [-0.2, -0.15) is 5.10 Å². The summed E-state index contributed by atoms with van der Waals surface area (Å²) in [7, 11) is 1.63. The van der Waals surface area contributed by atoms with Gasteiger partial charge in [-0.15, -0.1) is 0 Å². The minimum Gasteiger partial charge on any atom is -0.497 e. The zero-order chi connectivity index (χ0) is 31.2. The Kier molecular flexibility index (Phi) is 8.60. The summed E-state index contributed by atoms with van der Waals surface area (Å²) in [5.41, 5.74) is 8.06. The first-order valence-corrected chi connectivity index (χ1v) is 14.9. The molecule has 4 aromatic carbocycles. The second-order valence-corrected chi connectivity index (χ2v) is 10.7. The third-order valence-electron chi connectivity index (χ3n) is 7.02. The van der Waals surface area contributed by atoms with Gasteiger partial charge in [-0.25, -0.2) is 15.4 Å². The molecule has 6 rings (SSSR count). The number of fused-ring (bicyclic) bond motifs is 1. The topological polar surface area (TPSA) is 125 Å². The Morgan fingerprint density at radius 2 is 1.60 bits per heavy atom. The number of carbonyl (C=O) groups is 1. The standard InChI is InChI=1S/C34H26N6O4S/c1-44-27-18-16-26(17-19-27)39-32(24-12-6-3-7-13-24)30(23-10-4-2-5-11-23)31-33(39)35-22-36-34(31)45-21-29(41)38-37-20-25-14-8-9-15-28(25)40(42)43/h2-20,22H,21H2,1H3,(H,38,41)/b37-20+. The molecule has 2 heterocycles. The van der Waals surface area contributed by atoms with E-state index in [0.717, 1.165) is 39.2 Å². The Morgan fingerprint density at radius 3 is 2.29 bits per heavy atom. The van der Waals surface area contributed by atoms with Gasteiger partial charge < -0.3 is 4.74 Å². The first kappa shape index (κ1) is 29.3. The fraction of sp³-hybridized carbons (Fsp3) is 0.0588. The summed E-state index contributed by atoms with van der Waals surface area (Å²) < 4.78 is 7.52. The molecule has 10 nitrogen and oxygen atoms in total. The number of nitrogens with one attached hydrogen (secondary N) is 1. The molecule has 11 heteroatoms. The fourth-order valence-electron chi connectivity index (χ4n) is 5.04. The van der Waals surface area contributed by atoms with Gasteiger partial charge in [0.1, 0.15) is 22.7 Å². The van der Waals surface area contributed by atoms with Crippen molar-refractivity contribution in [1.29, 1.82) is 0 Å². The van der Waals surface area contributed by atoms with Crippen molar-refractivity contribution in [2.45, 2.75) is 5.03 Å². The Labute approximate surface area is 262 Å². The molecule has 0 aliphatic heterocycles. The number of nitrogens with zero attached hydrogens (tertiary/aromatic N) is 5. The summed E-state index contributed by atoms with van der Waals surface area (Å²) >= 11 is 1.26. The van der Waals surface area contributed by atoms with E-state index in [1.807, 2.05) is 72.8 Å². The van der Waals surface area contributed by atoms with Gasteiger partial charge in [0.05, 0.1) is 40.6 Å². The molecule has 0 aliphatic rings. The zero-order valence-corrected chi connectivity index (χ0v) is 24.8. The number of hydrogen-bond acceptors (Lipinski definition) is 8. The van der Waals surface area contributed by atoms with Crippen molar-refractivity contribution in [1.82, 2.24) is 20.0 Å². The van der Waals surface area contributed by atoms with Crippen LogP contribution >= 0.6 is 11.8 Å². The molecule has 1 amide bonds. The van der Waals surface area contributed by atoms with Crippen molar-refractivity contribution in [2.75, 3.05) is 12.9 Å². The molecule has 0 saturated carbocycles. The molecule has 0 saturated heterocycles. The number of amides is 1. The largest absolute Gasteiger partial charge is 0.497 e. The quantitative estimate of drug-likeness (QED) is 0.0584. The molecule has 0 unspecified atom stereocenters. The Bertz CT molecular complexity index is 2010. The highest BCUT2D eigenvalue weighted by Crippen LogP contribution is 2.44. The molecule has 0 radical (unpaired) electrons. The number of methoxy groups -OCH3 is 1. The van der Waals surface area contributed by atoms with E-state index in [4.69, 9.17) is 9.72 Å². The van der Waals surface area contributed by atoms with Crippen molar-refractivity contribution in [3.63, 3.8) is 0 Å². The van der Waals surface area contributed by atoms with E-state index in [9.17, 15) is 14.9 Å². The van der Waals surface area contributed by atoms with Crippen LogP contribution in [0.3, 0.4) is 0 Å². The third-order valence-corrected chi connectivity index (χ3v) is 8.01. The first-order chi connectivity index (χ1) is 22.0. The van der Waals surface area contributed by atoms with Crippen molar-refractivity contribution >= 4 is 40.6 Å². The van der Waals surface area contributed by atoms with Crippen LogP contribution in [0.1, 0.15) is 5.56 Å². The number of carbonyl (C=O) groups excluding carboxylic acids is 1. The maximum atomic E-state index is 12.9. The monoisotopic (exact) mass is 614 g/mol. The van der Waals surface area contributed by atoms with Crippen LogP contribution in [0.5, 0.6) is 5.75 Å². The molecule has 0 aliphatic carbocycles. The summed E-state index contributed by atoms with van der Waals surface area (Å²) in [6.45, 7) is 0. The molecule has 1 N–H and O–H groups in total. The van der Waals surface area contributed by atoms with Gasteiger partial charge >= 0.3 is 0 Å². The summed E-state index contributed by atoms with van der Waals surface area (Å²) in [6.07, 6.45) is 2.76. The van der Waals surface area contributed by atoms with Crippen LogP contribution in [0.4, 0.5) is 5.69 Å². The number of rotatable bonds is 10. The molecule has 0 atom stereocenters. The molecule has 0 fully saturated rings. The lowest BCUT2D eigenvalue weighted by Crippen LogP contribution is -2.19. The second kappa shape index (κ2) is 13.2. The van der Waals surface area contributed by atoms with Gasteiger partial charge in [-0.3, -0.25) is 19.5 Å². The maximum absolute atomic E-state index is 12.9. The number of para-hydroxylation sites is 1. The predicted octanol–water partition coefficient (Wildman–Crippen LogP) is 6.91. The summed E-state index contributed by atoms with van der Waals surface area (Å²) in [4.78, 5) is 33.0. The minimum absolute atomic E-state index is 0.00293. The van der Waals surface area contributed by atoms with E-state index in [0.29, 0.717) is 10.7 Å². The highest BCUT2D eigenvalue weighted by Gasteiger charge is 2.25. The van der Waals surface area contributed by atoms with Crippen molar-refractivity contribution in [2.24, 2.45) is 5.10 Å². The average molecular weight is 615 g/mol. The number of benzene rings is 4. The summed E-state index contributed by atoms with van der Waals surface area (Å²) in [6, 6.07) is 34.1. The van der Waals surface area contributed by atoms with Crippen LogP contribution in [0.15, 0.2) is 126 Å². The Balaban J connectivity index is 1.42. The number of aromatic nitrogens is 3. The predicted molar refractivity (Wildman–Crippen MR) is 176 cm³/mol. The highest BCUT2D eigenvalue weighted by atomic mass is 32.2. The molecule has 0 spiro atoms. The second-order valence-electron chi connectivity index (χ2n) is 9.76. The van der Waals surface area contributed by atoms with Crippen LogP contribution in [-0.2, 0) is 4.79 Å². The van der Waals surface area contributed by atoms with Gasteiger partial charge in [0, 0.05) is 17.3 Å². The molecular formula is C34H26N6O4S. The fourth-order valence-corrected chi connectivity index (χ4v) is 5.83. The SMILES string of the molecule is COc1ccc(-n2c(-c3ccccc3)c(-c3ccccc3)c3c(SCC(=O)N/N=C/c4ccccc4[N+](=O)[O-])ncnc32)cc1. The van der Waals surface area contributed by atoms with E-state index in [1.54, 1.807) is 25.3 Å². The summed E-state index contributed by atoms with van der Waals surface area (Å²) in [5.74, 6) is 0.352. The van der Waals surface area contributed by atoms with Crippen LogP contribution in [0.2, 0.25) is 0 Å². The third kappa shape index (κ3) is 6.15. The number of nitro benzene ring substituents is 1. The number of ether oxygens (including phenoxy) is 1. The number of nitro groups is 1. The number of hydrazone groups is 1. The maximum Gasteiger partial charge on any atom is 0.278 e. The first-order valence-electron chi connectivity index (χ1n) is 13.9. The highest BCUT2D eigenvalue weighted by molar-refractivity contribution is 8.00. The van der Waals surface area contributed by atoms with Crippen molar-refractivity contribution < 1.29 is 14.5 Å². The number of thioether (sulfide) groups is 1. The lowest BCUT2D eigenvalue weighted by molar-refractivity contribution is -0.385. The van der Waals surface area contributed by atoms with E-state index >= 15 is 0 Å². The van der Waals surface area contributed by atoms with Crippen molar-refractivity contribution in [3.05, 3.63) is 131 Å². The Hall–Kier alpha value is -5.81. The average Bonchev–Trinajstić information content (AvgIpc) is 3.44. The van der Waals surface area contributed by atoms with Gasteiger partial charge in [0.2, 0.25) is 5.91 Å². The number of hydrogen-bond donors (Lipinski definition) is 1. The van der Waals surface area contributed by atoms with Gasteiger partial charge in [-0.05, 0) is 41.5 Å². The summed E-state index contributed by atoms with van der Waals surface area (Å²) in [5, 5.41) is 16.7. The van der Waals surface area contributed by atoms with Gasteiger partial charge in [0.15, 0.2) is 0 Å². The lowest BCUT2D eigenvalue weighted by atomic mass is 9.99. The molecule has 45 heavy (non-hydrogen) atoms. The van der Waals surface area contributed by atoms with E-state index in [2.05, 4.69) is 32.2 Å². The molecule has 6 aromatic rings. The molecule has 2 aromatic heterocycles. The van der Waals surface area contributed by atoms with Gasteiger partial charge in [0.25, 0.3) is 5.69 Å². The minimum atomic E-state index is -0.495. The lowest BCUT2D eigenvalue weighted by Gasteiger charge is -2.13. The van der Waals surface area contributed by atoms with Crippen LogP contribution in [0.25, 0.3) is 39.1 Å². The normalized spacial score (nSPS) is 11.1. The zero-order valence-electron chi connectivity index (χ0n) is 24.0. The van der Waals surface area contributed by atoms with Crippen LogP contribution < -0.4 is 10.2 Å². The Morgan fingerprint density at radius 1 is 0.933 bits per heavy atom. The van der Waals surface area contributed by atoms with E-state index in [1.165, 1.54) is 30.4 Å². The van der Waals surface area contributed by atoms with Gasteiger partial charge in [-0.1, -0.05) is 84.6 Å². The smallest absolute Gasteiger partial charge is 0.278 e. The van der Waals surface area contributed by atoms with Crippen LogP contribution in [-0.4, -0.2) is 44.4 Å². The van der Waals surface area contributed by atoms with Crippen LogP contribution in [0, 0.1) is 10.1 Å². The van der Waals surface area contributed by atoms with E-state index < -0.39 is 4.92 Å².